The number of anilines is 4. The Morgan fingerprint density at radius 2 is 1.81 bits per heavy atom. The fourth-order valence-corrected chi connectivity index (χ4v) is 2.59. The number of nitrogens with two attached hydrogens (primary N) is 1. The number of rotatable bonds is 5. The molecule has 0 fully saturated rings. The van der Waals surface area contributed by atoms with Gasteiger partial charge in [-0.2, -0.15) is 0 Å². The van der Waals surface area contributed by atoms with Crippen molar-refractivity contribution in [1.82, 2.24) is 9.97 Å². The van der Waals surface area contributed by atoms with Crippen LogP contribution in [0.2, 0.25) is 0 Å². The third-order valence-electron chi connectivity index (χ3n) is 3.97. The molecule has 0 spiro atoms. The number of ether oxygens (including phenoxy) is 2. The zero-order valence-electron chi connectivity index (χ0n) is 14.0. The van der Waals surface area contributed by atoms with E-state index in [0.29, 0.717) is 23.9 Å². The molecule has 3 aromatic rings. The lowest BCUT2D eigenvalue weighted by Crippen LogP contribution is -2.08. The highest BCUT2D eigenvalue weighted by molar-refractivity contribution is 5.77. The van der Waals surface area contributed by atoms with Gasteiger partial charge in [0.05, 0.1) is 5.69 Å². The summed E-state index contributed by atoms with van der Waals surface area (Å²) < 4.78 is 37.5. The summed E-state index contributed by atoms with van der Waals surface area (Å²) in [6.07, 6.45) is 1.29. The fraction of sp³-hybridized carbons (Fsp3) is 0.111. The molecule has 0 saturated heterocycles. The Morgan fingerprint density at radius 3 is 2.67 bits per heavy atom. The number of benzene rings is 2. The number of aromatic nitrogens is 2. The number of hydrogen-bond acceptors (Lipinski definition) is 7. The van der Waals surface area contributed by atoms with Gasteiger partial charge in [0.1, 0.15) is 23.6 Å². The molecule has 27 heavy (non-hydrogen) atoms. The van der Waals surface area contributed by atoms with E-state index in [1.54, 1.807) is 0 Å². The lowest BCUT2D eigenvalue weighted by atomic mass is 10.2. The van der Waals surface area contributed by atoms with Gasteiger partial charge in [-0.05, 0) is 29.8 Å². The van der Waals surface area contributed by atoms with Crippen molar-refractivity contribution in [3.8, 4) is 11.5 Å². The van der Waals surface area contributed by atoms with E-state index in [9.17, 15) is 8.78 Å². The molecule has 0 unspecified atom stereocenters. The molecule has 2 heterocycles. The highest BCUT2D eigenvalue weighted by Crippen LogP contribution is 2.33. The third kappa shape index (κ3) is 3.52. The molecule has 0 radical (unpaired) electrons. The third-order valence-corrected chi connectivity index (χ3v) is 3.97. The molecule has 0 atom stereocenters. The molecule has 2 aromatic carbocycles. The molecule has 1 aliphatic rings. The van der Waals surface area contributed by atoms with Gasteiger partial charge < -0.3 is 25.8 Å². The monoisotopic (exact) mass is 371 g/mol. The Hall–Kier alpha value is -3.62. The largest absolute Gasteiger partial charge is 0.454 e. The summed E-state index contributed by atoms with van der Waals surface area (Å²) in [5.74, 6) is 0.561. The van der Waals surface area contributed by atoms with Crippen LogP contribution in [0.25, 0.3) is 0 Å². The summed E-state index contributed by atoms with van der Waals surface area (Å²) in [6.45, 7) is 0.641. The first kappa shape index (κ1) is 16.8. The molecule has 1 aromatic heterocycles. The summed E-state index contributed by atoms with van der Waals surface area (Å²) in [7, 11) is 0. The molecule has 0 amide bonds. The maximum absolute atomic E-state index is 13.8. The summed E-state index contributed by atoms with van der Waals surface area (Å²) >= 11 is 0. The van der Waals surface area contributed by atoms with Crippen molar-refractivity contribution in [3.05, 3.63) is 59.9 Å². The first-order valence-corrected chi connectivity index (χ1v) is 8.05. The molecule has 1 aliphatic heterocycles. The van der Waals surface area contributed by atoms with Crippen molar-refractivity contribution in [3.63, 3.8) is 0 Å². The van der Waals surface area contributed by atoms with Gasteiger partial charge >= 0.3 is 0 Å². The van der Waals surface area contributed by atoms with Gasteiger partial charge in [-0.25, -0.2) is 18.7 Å². The lowest BCUT2D eigenvalue weighted by Gasteiger charge is -2.13. The Kier molecular flexibility index (Phi) is 4.33. The first-order chi connectivity index (χ1) is 13.1. The van der Waals surface area contributed by atoms with Crippen molar-refractivity contribution in [2.24, 2.45) is 0 Å². The van der Waals surface area contributed by atoms with Crippen LogP contribution in [0.5, 0.6) is 11.5 Å². The van der Waals surface area contributed by atoms with E-state index in [-0.39, 0.29) is 24.0 Å². The van der Waals surface area contributed by atoms with E-state index < -0.39 is 11.6 Å². The molecule has 4 rings (SSSR count). The number of hydrogen-bond donors (Lipinski definition) is 3. The zero-order valence-corrected chi connectivity index (χ0v) is 14.0. The highest BCUT2D eigenvalue weighted by Gasteiger charge is 2.14. The number of nitrogen functional groups attached to an aromatic ring is 1. The second-order valence-corrected chi connectivity index (χ2v) is 5.77. The van der Waals surface area contributed by atoms with Crippen LogP contribution in [0.1, 0.15) is 5.56 Å². The molecular formula is C18H15F2N5O2. The van der Waals surface area contributed by atoms with Gasteiger partial charge in [0, 0.05) is 12.6 Å². The van der Waals surface area contributed by atoms with E-state index >= 15 is 0 Å². The highest BCUT2D eigenvalue weighted by atomic mass is 19.1. The van der Waals surface area contributed by atoms with Gasteiger partial charge in [-0.15, -0.1) is 0 Å². The SMILES string of the molecule is Nc1c(NCc2ccc3c(c2)OCO3)ncnc1Nc1ccc(F)cc1F. The van der Waals surface area contributed by atoms with Gasteiger partial charge in [-0.3, -0.25) is 0 Å². The first-order valence-electron chi connectivity index (χ1n) is 8.05. The molecule has 7 nitrogen and oxygen atoms in total. The summed E-state index contributed by atoms with van der Waals surface area (Å²) in [5, 5.41) is 5.85. The van der Waals surface area contributed by atoms with Crippen molar-refractivity contribution < 1.29 is 18.3 Å². The average molecular weight is 371 g/mol. The summed E-state index contributed by atoms with van der Waals surface area (Å²) in [6, 6.07) is 8.77. The van der Waals surface area contributed by atoms with Gasteiger partial charge in [0.25, 0.3) is 0 Å². The Bertz CT molecular complexity index is 999. The standard InChI is InChI=1S/C18H15F2N5O2/c19-11-2-3-13(12(20)6-11)25-18-16(21)17(23-8-24-18)22-7-10-1-4-14-15(5-10)27-9-26-14/h1-6,8H,7,9,21H2,(H2,22,23,24,25). The van der Waals surface area contributed by atoms with Crippen LogP contribution < -0.4 is 25.8 Å². The van der Waals surface area contributed by atoms with Crippen molar-refractivity contribution in [1.29, 1.82) is 0 Å². The van der Waals surface area contributed by atoms with Gasteiger partial charge in [0.15, 0.2) is 23.1 Å². The molecule has 0 bridgehead atoms. The minimum atomic E-state index is -0.747. The topological polar surface area (TPSA) is 94.3 Å². The van der Waals surface area contributed by atoms with Crippen molar-refractivity contribution >= 4 is 23.0 Å². The number of nitrogens with one attached hydrogen (secondary N) is 2. The van der Waals surface area contributed by atoms with Crippen LogP contribution >= 0.6 is 0 Å². The molecule has 4 N–H and O–H groups in total. The minimum Gasteiger partial charge on any atom is -0.454 e. The number of fused-ring (bicyclic) bond motifs is 1. The number of halogens is 2. The normalized spacial score (nSPS) is 12.1. The van der Waals surface area contributed by atoms with Crippen LogP contribution in [0.4, 0.5) is 31.8 Å². The summed E-state index contributed by atoms with van der Waals surface area (Å²) in [5.41, 5.74) is 7.28. The minimum absolute atomic E-state index is 0.0588. The Balaban J connectivity index is 1.50. The Labute approximate surface area is 153 Å². The van der Waals surface area contributed by atoms with E-state index in [4.69, 9.17) is 15.2 Å². The second kappa shape index (κ2) is 6.94. The predicted octanol–water partition coefficient (Wildman–Crippen LogP) is 3.42. The van der Waals surface area contributed by atoms with Crippen molar-refractivity contribution in [2.75, 3.05) is 23.2 Å². The summed E-state index contributed by atoms with van der Waals surface area (Å²) in [4.78, 5) is 8.12. The van der Waals surface area contributed by atoms with E-state index in [1.165, 1.54) is 12.4 Å². The lowest BCUT2D eigenvalue weighted by molar-refractivity contribution is 0.174. The molecular weight excluding hydrogens is 356 g/mol. The Morgan fingerprint density at radius 1 is 1.00 bits per heavy atom. The second-order valence-electron chi connectivity index (χ2n) is 5.77. The average Bonchev–Trinajstić information content (AvgIpc) is 3.12. The van der Waals surface area contributed by atoms with E-state index in [2.05, 4.69) is 20.6 Å². The van der Waals surface area contributed by atoms with Crippen molar-refractivity contribution in [2.45, 2.75) is 6.54 Å². The van der Waals surface area contributed by atoms with Crippen LogP contribution in [0.15, 0.2) is 42.7 Å². The van der Waals surface area contributed by atoms with Crippen LogP contribution in [-0.4, -0.2) is 16.8 Å². The maximum Gasteiger partial charge on any atom is 0.231 e. The smallest absolute Gasteiger partial charge is 0.231 e. The van der Waals surface area contributed by atoms with Gasteiger partial charge in [-0.1, -0.05) is 6.07 Å². The quantitative estimate of drug-likeness (QED) is 0.633. The maximum atomic E-state index is 13.8. The molecule has 9 heteroatoms. The molecule has 0 aliphatic carbocycles. The van der Waals surface area contributed by atoms with Crippen LogP contribution in [-0.2, 0) is 6.54 Å². The van der Waals surface area contributed by atoms with E-state index in [0.717, 1.165) is 17.7 Å². The molecule has 138 valence electrons. The zero-order chi connectivity index (χ0) is 18.8. The van der Waals surface area contributed by atoms with E-state index in [1.807, 2.05) is 18.2 Å². The fourth-order valence-electron chi connectivity index (χ4n) is 2.59. The van der Waals surface area contributed by atoms with Crippen LogP contribution in [0.3, 0.4) is 0 Å². The molecule has 0 saturated carbocycles. The van der Waals surface area contributed by atoms with Crippen LogP contribution in [0, 0.1) is 11.6 Å². The van der Waals surface area contributed by atoms with Gasteiger partial charge in [0.2, 0.25) is 6.79 Å². The number of nitrogens with zero attached hydrogens (tertiary/aromatic N) is 2. The predicted molar refractivity (Wildman–Crippen MR) is 96.0 cm³/mol.